The van der Waals surface area contributed by atoms with Crippen molar-refractivity contribution >= 4 is 0 Å². The second kappa shape index (κ2) is 6.81. The van der Waals surface area contributed by atoms with Gasteiger partial charge in [-0.25, -0.2) is 0 Å². The quantitative estimate of drug-likeness (QED) is 0.563. The fraction of sp³-hybridized carbons (Fsp3) is 0.778. The van der Waals surface area contributed by atoms with E-state index in [0.29, 0.717) is 6.42 Å². The van der Waals surface area contributed by atoms with Gasteiger partial charge < -0.3 is 5.11 Å². The molecule has 0 heterocycles. The van der Waals surface area contributed by atoms with Gasteiger partial charge in [-0.15, -0.1) is 0 Å². The molecule has 10 heavy (non-hydrogen) atoms. The average Bonchev–Trinajstić information content (AvgIpc) is 1.89. The Hall–Kier alpha value is -0.300. The molecule has 1 nitrogen and oxygen atoms in total. The van der Waals surface area contributed by atoms with E-state index in [0.717, 1.165) is 12.8 Å². The Bertz CT molecular complexity index is 78.8. The van der Waals surface area contributed by atoms with Crippen LogP contribution in [-0.4, -0.2) is 11.2 Å². The highest BCUT2D eigenvalue weighted by Crippen LogP contribution is 2.05. The van der Waals surface area contributed by atoms with E-state index < -0.39 is 0 Å². The smallest absolute Gasteiger partial charge is 0.0574 e. The second-order valence-corrected chi connectivity index (χ2v) is 2.62. The summed E-state index contributed by atoms with van der Waals surface area (Å²) in [5.41, 5.74) is 0. The maximum atomic E-state index is 9.16. The van der Waals surface area contributed by atoms with Crippen molar-refractivity contribution in [2.75, 3.05) is 0 Å². The number of aliphatic hydroxyl groups is 1. The standard InChI is InChI=1S/C9H17O/c1-3-5-6-8-9(10)7-4-2/h2,4,9-10H,3,5-8H2,1H3. The molecular formula is C9H17O. The minimum Gasteiger partial charge on any atom is -0.393 e. The van der Waals surface area contributed by atoms with Gasteiger partial charge in [0.1, 0.15) is 0 Å². The van der Waals surface area contributed by atoms with Crippen molar-refractivity contribution in [1.82, 2.24) is 0 Å². The van der Waals surface area contributed by atoms with Crippen LogP contribution in [0.1, 0.15) is 39.0 Å². The van der Waals surface area contributed by atoms with Gasteiger partial charge in [0.05, 0.1) is 6.10 Å². The highest BCUT2D eigenvalue weighted by Gasteiger charge is 1.98. The first-order chi connectivity index (χ1) is 4.81. The highest BCUT2D eigenvalue weighted by atomic mass is 16.3. The summed E-state index contributed by atoms with van der Waals surface area (Å²) in [7, 11) is 0. The summed E-state index contributed by atoms with van der Waals surface area (Å²) >= 11 is 0. The number of aliphatic hydroxyl groups excluding tert-OH is 1. The zero-order valence-corrected chi connectivity index (χ0v) is 6.71. The molecule has 59 valence electrons. The van der Waals surface area contributed by atoms with Crippen LogP contribution in [0.2, 0.25) is 0 Å². The highest BCUT2D eigenvalue weighted by molar-refractivity contribution is 4.69. The van der Waals surface area contributed by atoms with Crippen LogP contribution in [0.5, 0.6) is 0 Å². The average molecular weight is 141 g/mol. The second-order valence-electron chi connectivity index (χ2n) is 2.62. The zero-order valence-electron chi connectivity index (χ0n) is 6.71. The van der Waals surface area contributed by atoms with Gasteiger partial charge in [0.15, 0.2) is 0 Å². The Morgan fingerprint density at radius 3 is 2.70 bits per heavy atom. The normalized spacial score (nSPS) is 13.0. The molecule has 0 rings (SSSR count). The molecule has 0 aliphatic heterocycles. The van der Waals surface area contributed by atoms with E-state index in [-0.39, 0.29) is 6.10 Å². The fourth-order valence-corrected chi connectivity index (χ4v) is 0.905. The van der Waals surface area contributed by atoms with Crippen LogP contribution in [0, 0.1) is 6.58 Å². The lowest BCUT2D eigenvalue weighted by Crippen LogP contribution is -2.03. The molecule has 0 aromatic rings. The van der Waals surface area contributed by atoms with Crippen LogP contribution in [0.25, 0.3) is 0 Å². The Kier molecular flexibility index (Phi) is 6.61. The molecule has 0 aromatic carbocycles. The lowest BCUT2D eigenvalue weighted by Gasteiger charge is -2.05. The summed E-state index contributed by atoms with van der Waals surface area (Å²) in [5.74, 6) is 0. The number of unbranched alkanes of at least 4 members (excludes halogenated alkanes) is 2. The third kappa shape index (κ3) is 5.83. The van der Waals surface area contributed by atoms with E-state index in [2.05, 4.69) is 6.92 Å². The molecule has 0 aromatic heterocycles. The van der Waals surface area contributed by atoms with E-state index in [1.54, 1.807) is 0 Å². The van der Waals surface area contributed by atoms with Crippen molar-refractivity contribution in [3.63, 3.8) is 0 Å². The lowest BCUT2D eigenvalue weighted by atomic mass is 10.1. The molecular weight excluding hydrogens is 124 g/mol. The van der Waals surface area contributed by atoms with Gasteiger partial charge in [0.2, 0.25) is 0 Å². The predicted molar refractivity (Wildman–Crippen MR) is 43.6 cm³/mol. The van der Waals surface area contributed by atoms with Gasteiger partial charge in [-0.2, -0.15) is 0 Å². The van der Waals surface area contributed by atoms with Crippen LogP contribution >= 0.6 is 0 Å². The molecule has 1 unspecified atom stereocenters. The zero-order chi connectivity index (χ0) is 7.82. The first kappa shape index (κ1) is 9.70. The van der Waals surface area contributed by atoms with Crippen LogP contribution in [-0.2, 0) is 0 Å². The minimum absolute atomic E-state index is 0.212. The number of hydrogen-bond acceptors (Lipinski definition) is 1. The van der Waals surface area contributed by atoms with Gasteiger partial charge in [-0.05, 0) is 12.8 Å². The Morgan fingerprint density at radius 2 is 2.20 bits per heavy atom. The molecule has 0 aliphatic carbocycles. The summed E-state index contributed by atoms with van der Waals surface area (Å²) in [6, 6.07) is 0. The molecule has 1 radical (unpaired) electrons. The summed E-state index contributed by atoms with van der Waals surface area (Å²) in [6.07, 6.45) is 6.37. The van der Waals surface area contributed by atoms with Crippen molar-refractivity contribution in [2.24, 2.45) is 0 Å². The molecule has 0 bridgehead atoms. The van der Waals surface area contributed by atoms with Crippen LogP contribution < -0.4 is 0 Å². The molecule has 1 heteroatoms. The summed E-state index contributed by atoms with van der Waals surface area (Å²) < 4.78 is 0. The van der Waals surface area contributed by atoms with Crippen LogP contribution in [0.3, 0.4) is 0 Å². The number of hydrogen-bond donors (Lipinski definition) is 1. The van der Waals surface area contributed by atoms with Crippen LogP contribution in [0.15, 0.2) is 6.08 Å². The maximum absolute atomic E-state index is 9.16. The van der Waals surface area contributed by atoms with Crippen molar-refractivity contribution in [2.45, 2.75) is 45.1 Å². The molecule has 0 aliphatic rings. The Morgan fingerprint density at radius 1 is 1.50 bits per heavy atom. The first-order valence-corrected chi connectivity index (χ1v) is 4.02. The maximum Gasteiger partial charge on any atom is 0.0574 e. The van der Waals surface area contributed by atoms with Crippen molar-refractivity contribution < 1.29 is 5.11 Å². The SMILES string of the molecule is [CH]=CCC(O)CCCCC. The molecule has 0 saturated heterocycles. The van der Waals surface area contributed by atoms with E-state index >= 15 is 0 Å². The van der Waals surface area contributed by atoms with Gasteiger partial charge in [-0.3, -0.25) is 0 Å². The minimum atomic E-state index is -0.212. The predicted octanol–water partition coefficient (Wildman–Crippen LogP) is 2.31. The molecule has 0 fully saturated rings. The lowest BCUT2D eigenvalue weighted by molar-refractivity contribution is 0.164. The summed E-state index contributed by atoms with van der Waals surface area (Å²) in [4.78, 5) is 0. The van der Waals surface area contributed by atoms with E-state index in [9.17, 15) is 0 Å². The molecule has 1 N–H and O–H groups in total. The van der Waals surface area contributed by atoms with Gasteiger partial charge in [0, 0.05) is 0 Å². The topological polar surface area (TPSA) is 20.2 Å². The largest absolute Gasteiger partial charge is 0.393 e. The van der Waals surface area contributed by atoms with Crippen molar-refractivity contribution in [3.8, 4) is 0 Å². The Balaban J connectivity index is 3.04. The van der Waals surface area contributed by atoms with Crippen molar-refractivity contribution in [1.29, 1.82) is 0 Å². The van der Waals surface area contributed by atoms with Crippen LogP contribution in [0.4, 0.5) is 0 Å². The Labute approximate surface area is 63.8 Å². The first-order valence-electron chi connectivity index (χ1n) is 4.02. The molecule has 0 spiro atoms. The van der Waals surface area contributed by atoms with Crippen molar-refractivity contribution in [3.05, 3.63) is 12.7 Å². The van der Waals surface area contributed by atoms with Gasteiger partial charge in [0.25, 0.3) is 0 Å². The van der Waals surface area contributed by atoms with E-state index in [1.165, 1.54) is 18.9 Å². The summed E-state index contributed by atoms with van der Waals surface area (Å²) in [5, 5.41) is 9.16. The third-order valence-corrected chi connectivity index (χ3v) is 1.55. The van der Waals surface area contributed by atoms with Gasteiger partial charge in [-0.1, -0.05) is 38.8 Å². The van der Waals surface area contributed by atoms with E-state index in [4.69, 9.17) is 11.7 Å². The number of rotatable bonds is 6. The third-order valence-electron chi connectivity index (χ3n) is 1.55. The molecule has 1 atom stereocenters. The monoisotopic (exact) mass is 141 g/mol. The molecule has 0 saturated carbocycles. The van der Waals surface area contributed by atoms with Gasteiger partial charge >= 0.3 is 0 Å². The van der Waals surface area contributed by atoms with E-state index in [1.807, 2.05) is 0 Å². The molecule has 0 amide bonds. The summed E-state index contributed by atoms with van der Waals surface area (Å²) in [6.45, 7) is 7.30. The fourth-order valence-electron chi connectivity index (χ4n) is 0.905.